The number of hydrogen-bond donors (Lipinski definition) is 1. The van der Waals surface area contributed by atoms with Crippen molar-refractivity contribution in [2.45, 2.75) is 10.6 Å². The predicted molar refractivity (Wildman–Crippen MR) is 67.3 cm³/mol. The molecule has 0 aromatic heterocycles. The van der Waals surface area contributed by atoms with E-state index >= 15 is 0 Å². The lowest BCUT2D eigenvalue weighted by molar-refractivity contribution is 0.626. The maximum atomic E-state index is 13.2. The summed E-state index contributed by atoms with van der Waals surface area (Å²) < 4.78 is 37.9. The number of hydrogen-bond acceptors (Lipinski definition) is 2. The summed E-state index contributed by atoms with van der Waals surface area (Å²) in [5.41, 5.74) is 6.10. The van der Waals surface area contributed by atoms with E-state index in [9.17, 15) is 13.0 Å². The number of halogens is 2. The first-order chi connectivity index (χ1) is 8.56. The van der Waals surface area contributed by atoms with Crippen molar-refractivity contribution in [3.8, 4) is 0 Å². The highest BCUT2D eigenvalue weighted by Crippen LogP contribution is 2.17. The van der Waals surface area contributed by atoms with Crippen LogP contribution in [0.2, 0.25) is 0 Å². The van der Waals surface area contributed by atoms with E-state index in [0.717, 1.165) is 11.6 Å². The quantitative estimate of drug-likeness (QED) is 0.869. The summed E-state index contributed by atoms with van der Waals surface area (Å²) >= 11 is 0. The molecule has 0 bridgehead atoms. The predicted octanol–water partition coefficient (Wildman–Crippen LogP) is 2.85. The molecule has 2 N–H and O–H groups in total. The third kappa shape index (κ3) is 2.92. The van der Waals surface area contributed by atoms with Gasteiger partial charge in [0.05, 0.1) is 22.2 Å². The van der Waals surface area contributed by atoms with Gasteiger partial charge in [-0.05, 0) is 35.9 Å². The maximum Gasteiger partial charge on any atom is 0.147 e. The molecular weight excluding hydrogens is 256 g/mol. The standard InChI is InChI=1S/C13H11F2NOS/c14-10-3-1-9(2-4-10)8-18(17)11-5-6-13(16)12(15)7-11/h1-7H,8,16H2. The first kappa shape index (κ1) is 12.7. The van der Waals surface area contributed by atoms with Gasteiger partial charge in [-0.1, -0.05) is 12.1 Å². The Morgan fingerprint density at radius 1 is 1.06 bits per heavy atom. The average molecular weight is 267 g/mol. The molecule has 0 saturated heterocycles. The smallest absolute Gasteiger partial charge is 0.147 e. The molecule has 0 aliphatic heterocycles. The Bertz CT molecular complexity index is 584. The second kappa shape index (κ2) is 5.27. The maximum absolute atomic E-state index is 13.2. The van der Waals surface area contributed by atoms with Gasteiger partial charge in [-0.25, -0.2) is 8.78 Å². The zero-order chi connectivity index (χ0) is 13.1. The lowest BCUT2D eigenvalue weighted by Gasteiger charge is -2.04. The molecule has 2 aromatic carbocycles. The van der Waals surface area contributed by atoms with Crippen LogP contribution in [-0.4, -0.2) is 4.21 Å². The molecule has 5 heteroatoms. The molecule has 0 aliphatic carbocycles. The number of benzene rings is 2. The Kier molecular flexibility index (Phi) is 3.72. The molecule has 0 fully saturated rings. The van der Waals surface area contributed by atoms with Crippen LogP contribution in [0.4, 0.5) is 14.5 Å². The minimum absolute atomic E-state index is 0.0255. The summed E-state index contributed by atoms with van der Waals surface area (Å²) in [7, 11) is -1.38. The molecule has 2 rings (SSSR count). The summed E-state index contributed by atoms with van der Waals surface area (Å²) in [5, 5.41) is 0. The molecule has 0 heterocycles. The summed E-state index contributed by atoms with van der Waals surface area (Å²) in [6.07, 6.45) is 0. The van der Waals surface area contributed by atoms with E-state index in [4.69, 9.17) is 5.73 Å². The monoisotopic (exact) mass is 267 g/mol. The summed E-state index contributed by atoms with van der Waals surface area (Å²) in [6.45, 7) is 0. The highest BCUT2D eigenvalue weighted by Gasteiger charge is 2.08. The van der Waals surface area contributed by atoms with E-state index in [1.165, 1.54) is 24.3 Å². The third-order valence-corrected chi connectivity index (χ3v) is 3.82. The van der Waals surface area contributed by atoms with Gasteiger partial charge in [0.1, 0.15) is 11.6 Å². The largest absolute Gasteiger partial charge is 0.396 e. The molecule has 0 amide bonds. The normalized spacial score (nSPS) is 12.3. The lowest BCUT2D eigenvalue weighted by atomic mass is 10.2. The fourth-order valence-electron chi connectivity index (χ4n) is 1.46. The van der Waals surface area contributed by atoms with Gasteiger partial charge in [0.15, 0.2) is 0 Å². The van der Waals surface area contributed by atoms with Gasteiger partial charge in [-0.3, -0.25) is 4.21 Å². The number of anilines is 1. The van der Waals surface area contributed by atoms with Crippen molar-refractivity contribution in [3.63, 3.8) is 0 Å². The second-order valence-corrected chi connectivity index (χ2v) is 5.25. The zero-order valence-corrected chi connectivity index (χ0v) is 10.2. The SMILES string of the molecule is Nc1ccc(S(=O)Cc2ccc(F)cc2)cc1F. The van der Waals surface area contributed by atoms with Crippen molar-refractivity contribution in [2.75, 3.05) is 5.73 Å². The first-order valence-corrected chi connectivity index (χ1v) is 6.56. The van der Waals surface area contributed by atoms with Gasteiger partial charge >= 0.3 is 0 Å². The van der Waals surface area contributed by atoms with E-state index in [0.29, 0.717) is 4.90 Å². The molecule has 1 unspecified atom stereocenters. The minimum atomic E-state index is -1.38. The molecule has 0 aliphatic rings. The van der Waals surface area contributed by atoms with E-state index in [2.05, 4.69) is 0 Å². The molecule has 0 radical (unpaired) electrons. The van der Waals surface area contributed by atoms with Crippen LogP contribution in [0.1, 0.15) is 5.56 Å². The van der Waals surface area contributed by atoms with Crippen molar-refractivity contribution in [2.24, 2.45) is 0 Å². The zero-order valence-electron chi connectivity index (χ0n) is 9.40. The van der Waals surface area contributed by atoms with E-state index in [1.807, 2.05) is 0 Å². The van der Waals surface area contributed by atoms with Gasteiger partial charge in [-0.2, -0.15) is 0 Å². The van der Waals surface area contributed by atoms with Gasteiger partial charge in [0, 0.05) is 4.90 Å². The van der Waals surface area contributed by atoms with Gasteiger partial charge in [0.25, 0.3) is 0 Å². The highest BCUT2D eigenvalue weighted by atomic mass is 32.2. The van der Waals surface area contributed by atoms with Crippen molar-refractivity contribution in [3.05, 3.63) is 59.7 Å². The molecule has 18 heavy (non-hydrogen) atoms. The van der Waals surface area contributed by atoms with Crippen molar-refractivity contribution >= 4 is 16.5 Å². The van der Waals surface area contributed by atoms with Gasteiger partial charge in [-0.15, -0.1) is 0 Å². The van der Waals surface area contributed by atoms with Gasteiger partial charge in [0.2, 0.25) is 0 Å². The summed E-state index contributed by atoms with van der Waals surface area (Å²) in [4.78, 5) is 0.367. The lowest BCUT2D eigenvalue weighted by Crippen LogP contribution is -1.99. The molecule has 1 atom stereocenters. The van der Waals surface area contributed by atoms with Crippen LogP contribution >= 0.6 is 0 Å². The second-order valence-electron chi connectivity index (χ2n) is 3.80. The molecular formula is C13H11F2NOS. The molecule has 0 saturated carbocycles. The van der Waals surface area contributed by atoms with E-state index in [-0.39, 0.29) is 17.3 Å². The Morgan fingerprint density at radius 3 is 2.33 bits per heavy atom. The van der Waals surface area contributed by atoms with Crippen LogP contribution in [0, 0.1) is 11.6 Å². The van der Waals surface area contributed by atoms with Gasteiger partial charge < -0.3 is 5.73 Å². The van der Waals surface area contributed by atoms with Crippen LogP contribution in [0.15, 0.2) is 47.4 Å². The Hall–Kier alpha value is -1.75. The fraction of sp³-hybridized carbons (Fsp3) is 0.0769. The number of rotatable bonds is 3. The topological polar surface area (TPSA) is 43.1 Å². The molecule has 2 aromatic rings. The van der Waals surface area contributed by atoms with Crippen molar-refractivity contribution in [1.82, 2.24) is 0 Å². The Morgan fingerprint density at radius 2 is 1.72 bits per heavy atom. The van der Waals surface area contributed by atoms with Crippen molar-refractivity contribution < 1.29 is 13.0 Å². The molecule has 94 valence electrons. The first-order valence-electron chi connectivity index (χ1n) is 5.24. The van der Waals surface area contributed by atoms with Crippen molar-refractivity contribution in [1.29, 1.82) is 0 Å². The average Bonchev–Trinajstić information content (AvgIpc) is 2.35. The van der Waals surface area contributed by atoms with Crippen LogP contribution < -0.4 is 5.73 Å². The fourth-order valence-corrected chi connectivity index (χ4v) is 2.58. The summed E-state index contributed by atoms with van der Waals surface area (Å²) in [6, 6.07) is 9.79. The molecule has 0 spiro atoms. The third-order valence-electron chi connectivity index (χ3n) is 2.45. The van der Waals surface area contributed by atoms with Crippen LogP contribution in [0.5, 0.6) is 0 Å². The summed E-state index contributed by atoms with van der Waals surface area (Å²) in [5.74, 6) is -0.716. The van der Waals surface area contributed by atoms with E-state index < -0.39 is 16.6 Å². The van der Waals surface area contributed by atoms with E-state index in [1.54, 1.807) is 12.1 Å². The van der Waals surface area contributed by atoms with Crippen LogP contribution in [0.25, 0.3) is 0 Å². The number of nitrogen functional groups attached to an aromatic ring is 1. The minimum Gasteiger partial charge on any atom is -0.396 e. The van der Waals surface area contributed by atoms with Crippen LogP contribution in [0.3, 0.4) is 0 Å². The Balaban J connectivity index is 2.16. The number of nitrogens with two attached hydrogens (primary N) is 1. The molecule has 2 nitrogen and oxygen atoms in total. The van der Waals surface area contributed by atoms with Crippen LogP contribution in [-0.2, 0) is 16.6 Å². The highest BCUT2D eigenvalue weighted by molar-refractivity contribution is 7.84. The Labute approximate surface area is 106 Å².